The molecule has 2 unspecified atom stereocenters. The van der Waals surface area contributed by atoms with Crippen LogP contribution >= 0.6 is 0 Å². The van der Waals surface area contributed by atoms with Gasteiger partial charge in [-0.05, 0) is 0 Å². The molecule has 0 aromatic carbocycles. The number of carbonyl (C=O) groups excluding carboxylic acids is 1. The molecule has 2 atom stereocenters. The summed E-state index contributed by atoms with van der Waals surface area (Å²) in [7, 11) is 0.869. The third kappa shape index (κ3) is 1.08. The first-order valence-electron chi connectivity index (χ1n) is 4.28. The van der Waals surface area contributed by atoms with E-state index in [1.807, 2.05) is 4.90 Å². The summed E-state index contributed by atoms with van der Waals surface area (Å²) in [5.41, 5.74) is 0. The van der Waals surface area contributed by atoms with Crippen LogP contribution in [0.25, 0.3) is 0 Å². The van der Waals surface area contributed by atoms with Gasteiger partial charge in [-0.1, -0.05) is 0 Å². The second-order valence-corrected chi connectivity index (χ2v) is 3.40. The first-order chi connectivity index (χ1) is 5.83. The second-order valence-electron chi connectivity index (χ2n) is 3.40. The first kappa shape index (κ1) is 7.92. The normalized spacial score (nSPS) is 34.5. The quantitative estimate of drug-likeness (QED) is 0.525. The number of likely N-dealkylation sites (tertiary alicyclic amines) is 1. The van der Waals surface area contributed by atoms with Gasteiger partial charge in [0.2, 0.25) is 0 Å². The summed E-state index contributed by atoms with van der Waals surface area (Å²) in [5, 5.41) is 2.81. The Hall–Kier alpha value is -0.705. The Kier molecular flexibility index (Phi) is 1.96. The zero-order chi connectivity index (χ0) is 8.55. The van der Waals surface area contributed by atoms with Crippen molar-refractivity contribution in [2.75, 3.05) is 19.5 Å². The van der Waals surface area contributed by atoms with Gasteiger partial charge < -0.3 is 0 Å². The van der Waals surface area contributed by atoms with Gasteiger partial charge in [0.15, 0.2) is 0 Å². The van der Waals surface area contributed by atoms with Crippen LogP contribution in [0.1, 0.15) is 6.42 Å². The molecule has 2 fully saturated rings. The van der Waals surface area contributed by atoms with Crippen LogP contribution in [0.2, 0.25) is 0 Å². The number of fused-ring (bicyclic) bond motifs is 1. The van der Waals surface area contributed by atoms with Gasteiger partial charge >= 0.3 is 70.7 Å². The fourth-order valence-electron chi connectivity index (χ4n) is 2.16. The van der Waals surface area contributed by atoms with Gasteiger partial charge in [-0.2, -0.15) is 0 Å². The van der Waals surface area contributed by atoms with Crippen molar-refractivity contribution in [3.8, 4) is 0 Å². The molecule has 0 aromatic rings. The number of amides is 1. The summed E-state index contributed by atoms with van der Waals surface area (Å²) in [6, 6.07) is -0.0183. The molecule has 2 heterocycles. The van der Waals surface area contributed by atoms with E-state index in [-0.39, 0.29) is 11.9 Å². The monoisotopic (exact) mass is 166 g/mol. The fourth-order valence-corrected chi connectivity index (χ4v) is 2.16. The van der Waals surface area contributed by atoms with Gasteiger partial charge in [0, 0.05) is 0 Å². The van der Waals surface area contributed by atoms with Gasteiger partial charge in [-0.3, -0.25) is 0 Å². The van der Waals surface area contributed by atoms with Crippen molar-refractivity contribution in [2.45, 2.75) is 12.5 Å². The third-order valence-corrected chi connectivity index (χ3v) is 2.74. The predicted octanol–water partition coefficient (Wildman–Crippen LogP) is -1.19. The summed E-state index contributed by atoms with van der Waals surface area (Å²) in [6.45, 7) is 1.68. The molecule has 0 aliphatic carbocycles. The van der Waals surface area contributed by atoms with Crippen LogP contribution in [-0.4, -0.2) is 43.5 Å². The zero-order valence-corrected chi connectivity index (χ0v) is 6.82. The molecule has 0 aromatic heterocycles. The minimum absolute atomic E-state index is 0.0183. The molecule has 12 heavy (non-hydrogen) atoms. The molecule has 0 bridgehead atoms. The third-order valence-electron chi connectivity index (χ3n) is 2.74. The number of nitrogens with one attached hydrogen (secondary N) is 1. The SMILES string of the molecule is O=BCN1CCC2CNC(=O)C21. The average Bonchev–Trinajstić information content (AvgIpc) is 2.58. The molecule has 2 aliphatic heterocycles. The number of hydrogen-bond donors (Lipinski definition) is 1. The number of carbonyl (C=O) groups is 1. The first-order valence-corrected chi connectivity index (χ1v) is 4.28. The van der Waals surface area contributed by atoms with E-state index < -0.39 is 0 Å². The van der Waals surface area contributed by atoms with Crippen molar-refractivity contribution < 1.29 is 9.50 Å². The van der Waals surface area contributed by atoms with E-state index in [1.165, 1.54) is 0 Å². The Labute approximate surface area is 71.6 Å². The van der Waals surface area contributed by atoms with Crippen molar-refractivity contribution >= 4 is 13.1 Å². The van der Waals surface area contributed by atoms with Crippen molar-refractivity contribution in [1.82, 2.24) is 10.2 Å². The summed E-state index contributed by atoms with van der Waals surface area (Å²) in [5.74, 6) is 0.539. The van der Waals surface area contributed by atoms with E-state index in [2.05, 4.69) is 5.32 Å². The van der Waals surface area contributed by atoms with Crippen molar-refractivity contribution in [3.05, 3.63) is 0 Å². The fraction of sp³-hybridized carbons (Fsp3) is 0.857. The van der Waals surface area contributed by atoms with Crippen LogP contribution in [0.15, 0.2) is 0 Å². The Balaban J connectivity index is 2.08. The van der Waals surface area contributed by atoms with Crippen molar-refractivity contribution in [2.24, 2.45) is 5.92 Å². The van der Waals surface area contributed by atoms with Crippen molar-refractivity contribution in [3.63, 3.8) is 0 Å². The molecule has 0 spiro atoms. The summed E-state index contributed by atoms with van der Waals surface area (Å²) >= 11 is 0. The number of hydrogen-bond acceptors (Lipinski definition) is 3. The molecule has 0 saturated carbocycles. The van der Waals surface area contributed by atoms with Gasteiger partial charge in [-0.25, -0.2) is 0 Å². The molecule has 2 aliphatic rings. The predicted molar refractivity (Wildman–Crippen MR) is 42.9 cm³/mol. The molecule has 1 amide bonds. The molecule has 2 saturated heterocycles. The molecular formula is C7H11BN2O2. The van der Waals surface area contributed by atoms with E-state index in [9.17, 15) is 9.50 Å². The topological polar surface area (TPSA) is 49.4 Å². The van der Waals surface area contributed by atoms with Crippen LogP contribution in [0.5, 0.6) is 0 Å². The van der Waals surface area contributed by atoms with E-state index in [1.54, 1.807) is 0 Å². The van der Waals surface area contributed by atoms with Gasteiger partial charge in [0.05, 0.1) is 0 Å². The van der Waals surface area contributed by atoms with Crippen LogP contribution in [0, 0.1) is 5.92 Å². The zero-order valence-electron chi connectivity index (χ0n) is 6.82. The van der Waals surface area contributed by atoms with Crippen LogP contribution in [0.3, 0.4) is 0 Å². The minimum atomic E-state index is -0.0183. The second kappa shape index (κ2) is 2.97. The number of rotatable bonds is 2. The van der Waals surface area contributed by atoms with Gasteiger partial charge in [0.1, 0.15) is 0 Å². The van der Waals surface area contributed by atoms with E-state index in [4.69, 9.17) is 0 Å². The van der Waals surface area contributed by atoms with Gasteiger partial charge in [0.25, 0.3) is 0 Å². The molecule has 5 heteroatoms. The molecule has 1 N–H and O–H groups in total. The molecule has 2 rings (SSSR count). The summed E-state index contributed by atoms with van der Waals surface area (Å²) in [4.78, 5) is 13.2. The van der Waals surface area contributed by atoms with E-state index in [0.29, 0.717) is 12.4 Å². The molecule has 0 radical (unpaired) electrons. The summed E-state index contributed by atoms with van der Waals surface area (Å²) < 4.78 is 10.3. The Morgan fingerprint density at radius 2 is 2.50 bits per heavy atom. The van der Waals surface area contributed by atoms with Gasteiger partial charge in [-0.15, -0.1) is 0 Å². The molecule has 64 valence electrons. The Bertz CT molecular complexity index is 221. The Morgan fingerprint density at radius 1 is 1.67 bits per heavy atom. The standard InChI is InChI=1S/C7H11BN2O2/c11-7-6-5(3-9-7)1-2-10(6)4-8-12/h5-6H,1-4H2,(H,9,11). The maximum absolute atomic E-state index is 11.3. The van der Waals surface area contributed by atoms with Crippen LogP contribution in [-0.2, 0) is 9.50 Å². The van der Waals surface area contributed by atoms with Crippen LogP contribution < -0.4 is 5.32 Å². The Morgan fingerprint density at radius 3 is 3.25 bits per heavy atom. The summed E-state index contributed by atoms with van der Waals surface area (Å²) in [6.07, 6.45) is 1.44. The van der Waals surface area contributed by atoms with E-state index >= 15 is 0 Å². The van der Waals surface area contributed by atoms with E-state index in [0.717, 1.165) is 26.7 Å². The van der Waals surface area contributed by atoms with Crippen molar-refractivity contribution in [1.29, 1.82) is 0 Å². The maximum atomic E-state index is 11.3. The number of nitrogens with zero attached hydrogens (tertiary/aromatic N) is 1. The average molecular weight is 166 g/mol. The molecular weight excluding hydrogens is 155 g/mol. The molecule has 4 nitrogen and oxygen atoms in total. The van der Waals surface area contributed by atoms with Crippen LogP contribution in [0.4, 0.5) is 0 Å².